The van der Waals surface area contributed by atoms with Crippen molar-refractivity contribution in [3.05, 3.63) is 0 Å². The maximum Gasteiger partial charge on any atom is 0.306 e. The standard InChI is InChI=1S/C12H26N2O4S/c1-5-7-14(10-12(2,3)9-13)19(16,17)8-6-11(15)18-4/h5-10,13H2,1-4H3. The van der Waals surface area contributed by atoms with Crippen LogP contribution in [0.15, 0.2) is 0 Å². The van der Waals surface area contributed by atoms with Gasteiger partial charge in [0.15, 0.2) is 0 Å². The average molecular weight is 294 g/mol. The summed E-state index contributed by atoms with van der Waals surface area (Å²) in [6.45, 7) is 6.96. The monoisotopic (exact) mass is 294 g/mol. The molecule has 0 radical (unpaired) electrons. The number of hydrogen-bond donors (Lipinski definition) is 1. The van der Waals surface area contributed by atoms with E-state index in [4.69, 9.17) is 5.73 Å². The number of hydrogen-bond acceptors (Lipinski definition) is 5. The molecule has 114 valence electrons. The van der Waals surface area contributed by atoms with Crippen molar-refractivity contribution < 1.29 is 17.9 Å². The zero-order chi connectivity index (χ0) is 15.1. The number of esters is 1. The van der Waals surface area contributed by atoms with Gasteiger partial charge in [-0.2, -0.15) is 0 Å². The summed E-state index contributed by atoms with van der Waals surface area (Å²) < 4.78 is 30.3. The number of carbonyl (C=O) groups is 1. The van der Waals surface area contributed by atoms with Crippen molar-refractivity contribution in [2.45, 2.75) is 33.6 Å². The van der Waals surface area contributed by atoms with E-state index in [1.165, 1.54) is 11.4 Å². The molecule has 0 fully saturated rings. The van der Waals surface area contributed by atoms with Gasteiger partial charge in [-0.1, -0.05) is 20.8 Å². The van der Waals surface area contributed by atoms with Crippen LogP contribution in [0.3, 0.4) is 0 Å². The highest BCUT2D eigenvalue weighted by atomic mass is 32.2. The van der Waals surface area contributed by atoms with Crippen molar-refractivity contribution in [3.8, 4) is 0 Å². The van der Waals surface area contributed by atoms with Crippen LogP contribution in [0.5, 0.6) is 0 Å². The Morgan fingerprint density at radius 3 is 2.37 bits per heavy atom. The smallest absolute Gasteiger partial charge is 0.306 e. The maximum atomic E-state index is 12.2. The predicted octanol–water partition coefficient (Wildman–Crippen LogP) is 0.576. The Kier molecular flexibility index (Phi) is 7.54. The van der Waals surface area contributed by atoms with Crippen LogP contribution in [0.1, 0.15) is 33.6 Å². The van der Waals surface area contributed by atoms with Crippen molar-refractivity contribution in [1.29, 1.82) is 0 Å². The fourth-order valence-electron chi connectivity index (χ4n) is 1.55. The Hall–Kier alpha value is -0.660. The molecule has 0 saturated carbocycles. The summed E-state index contributed by atoms with van der Waals surface area (Å²) in [6.07, 6.45) is 0.597. The zero-order valence-electron chi connectivity index (χ0n) is 12.3. The van der Waals surface area contributed by atoms with Crippen molar-refractivity contribution in [2.24, 2.45) is 11.1 Å². The van der Waals surface area contributed by atoms with E-state index in [1.54, 1.807) is 0 Å². The minimum Gasteiger partial charge on any atom is -0.469 e. The van der Waals surface area contributed by atoms with Gasteiger partial charge in [-0.3, -0.25) is 4.79 Å². The summed E-state index contributed by atoms with van der Waals surface area (Å²) in [5.41, 5.74) is 5.36. The second kappa shape index (κ2) is 7.81. The van der Waals surface area contributed by atoms with E-state index >= 15 is 0 Å². The SMILES string of the molecule is CCCN(CC(C)(C)CN)S(=O)(=O)CCC(=O)OC. The third-order valence-corrected chi connectivity index (χ3v) is 4.63. The van der Waals surface area contributed by atoms with Crippen LogP contribution in [0.4, 0.5) is 0 Å². The number of nitrogens with two attached hydrogens (primary N) is 1. The largest absolute Gasteiger partial charge is 0.469 e. The van der Waals surface area contributed by atoms with Crippen LogP contribution in [-0.4, -0.2) is 51.2 Å². The van der Waals surface area contributed by atoms with E-state index in [9.17, 15) is 13.2 Å². The highest BCUT2D eigenvalue weighted by molar-refractivity contribution is 7.89. The van der Waals surface area contributed by atoms with Gasteiger partial charge in [-0.25, -0.2) is 12.7 Å². The first-order valence-corrected chi connectivity index (χ1v) is 8.04. The Bertz CT molecular complexity index is 379. The summed E-state index contributed by atoms with van der Waals surface area (Å²) in [6, 6.07) is 0. The van der Waals surface area contributed by atoms with Gasteiger partial charge in [0.1, 0.15) is 0 Å². The summed E-state index contributed by atoms with van der Waals surface area (Å²) in [4.78, 5) is 11.1. The highest BCUT2D eigenvalue weighted by Crippen LogP contribution is 2.18. The Labute approximate surface area is 116 Å². The van der Waals surface area contributed by atoms with Crippen LogP contribution in [0.2, 0.25) is 0 Å². The van der Waals surface area contributed by atoms with Gasteiger partial charge < -0.3 is 10.5 Å². The summed E-state index contributed by atoms with van der Waals surface area (Å²) >= 11 is 0. The quantitative estimate of drug-likeness (QED) is 0.628. The molecule has 0 amide bonds. The maximum absolute atomic E-state index is 12.2. The lowest BCUT2D eigenvalue weighted by molar-refractivity contribution is -0.140. The van der Waals surface area contributed by atoms with Gasteiger partial charge >= 0.3 is 5.97 Å². The molecule has 0 bridgehead atoms. The van der Waals surface area contributed by atoms with E-state index in [2.05, 4.69) is 4.74 Å². The van der Waals surface area contributed by atoms with Gasteiger partial charge in [0.05, 0.1) is 19.3 Å². The van der Waals surface area contributed by atoms with Crippen LogP contribution in [0, 0.1) is 5.41 Å². The Morgan fingerprint density at radius 2 is 1.95 bits per heavy atom. The minimum absolute atomic E-state index is 0.123. The number of nitrogens with zero attached hydrogens (tertiary/aromatic N) is 1. The first kappa shape index (κ1) is 18.3. The molecule has 7 heteroatoms. The first-order valence-electron chi connectivity index (χ1n) is 6.43. The van der Waals surface area contributed by atoms with Gasteiger partial charge in [0.2, 0.25) is 10.0 Å². The van der Waals surface area contributed by atoms with E-state index in [1.807, 2.05) is 20.8 Å². The van der Waals surface area contributed by atoms with Crippen LogP contribution < -0.4 is 5.73 Å². The van der Waals surface area contributed by atoms with Gasteiger partial charge in [-0.15, -0.1) is 0 Å². The molecule has 0 heterocycles. The predicted molar refractivity (Wildman–Crippen MR) is 75.1 cm³/mol. The van der Waals surface area contributed by atoms with E-state index < -0.39 is 16.0 Å². The van der Waals surface area contributed by atoms with Crippen molar-refractivity contribution in [2.75, 3.05) is 32.5 Å². The number of ether oxygens (including phenoxy) is 1. The lowest BCUT2D eigenvalue weighted by atomic mass is 9.94. The fraction of sp³-hybridized carbons (Fsp3) is 0.917. The number of carbonyl (C=O) groups excluding carboxylic acids is 1. The highest BCUT2D eigenvalue weighted by Gasteiger charge is 2.28. The molecule has 0 rings (SSSR count). The zero-order valence-corrected chi connectivity index (χ0v) is 13.1. The Morgan fingerprint density at radius 1 is 1.37 bits per heavy atom. The van der Waals surface area contributed by atoms with E-state index in [-0.39, 0.29) is 17.6 Å². The molecule has 0 aliphatic carbocycles. The Balaban J connectivity index is 4.80. The van der Waals surface area contributed by atoms with E-state index in [0.29, 0.717) is 19.6 Å². The topological polar surface area (TPSA) is 89.7 Å². The molecule has 0 aliphatic heterocycles. The summed E-state index contributed by atoms with van der Waals surface area (Å²) in [5, 5.41) is 0. The van der Waals surface area contributed by atoms with Crippen LogP contribution in [-0.2, 0) is 19.6 Å². The molecular weight excluding hydrogens is 268 g/mol. The lowest BCUT2D eigenvalue weighted by Crippen LogP contribution is -2.43. The lowest BCUT2D eigenvalue weighted by Gasteiger charge is -2.30. The number of methoxy groups -OCH3 is 1. The van der Waals surface area contributed by atoms with Crippen molar-refractivity contribution in [3.63, 3.8) is 0 Å². The molecule has 0 spiro atoms. The second-order valence-corrected chi connectivity index (χ2v) is 7.43. The van der Waals surface area contributed by atoms with E-state index in [0.717, 1.165) is 6.42 Å². The van der Waals surface area contributed by atoms with Gasteiger partial charge in [0, 0.05) is 13.1 Å². The minimum atomic E-state index is -3.46. The van der Waals surface area contributed by atoms with Crippen LogP contribution >= 0.6 is 0 Å². The van der Waals surface area contributed by atoms with Gasteiger partial charge in [-0.05, 0) is 18.4 Å². The molecular formula is C12H26N2O4S. The van der Waals surface area contributed by atoms with Crippen molar-refractivity contribution >= 4 is 16.0 Å². The summed E-state index contributed by atoms with van der Waals surface area (Å²) in [7, 11) is -2.21. The molecule has 0 aromatic heterocycles. The molecule has 0 saturated heterocycles. The third kappa shape index (κ3) is 6.89. The molecule has 0 atom stereocenters. The molecule has 19 heavy (non-hydrogen) atoms. The molecule has 6 nitrogen and oxygen atoms in total. The normalized spacial score (nSPS) is 12.7. The molecule has 0 aliphatic rings. The number of sulfonamides is 1. The summed E-state index contributed by atoms with van der Waals surface area (Å²) in [5.74, 6) is -0.738. The van der Waals surface area contributed by atoms with Gasteiger partial charge in [0.25, 0.3) is 0 Å². The molecule has 0 aromatic carbocycles. The molecule has 2 N–H and O–H groups in total. The first-order chi connectivity index (χ1) is 8.68. The third-order valence-electron chi connectivity index (χ3n) is 2.82. The van der Waals surface area contributed by atoms with Crippen LogP contribution in [0.25, 0.3) is 0 Å². The second-order valence-electron chi connectivity index (χ2n) is 5.34. The average Bonchev–Trinajstić information content (AvgIpc) is 2.35. The number of rotatable bonds is 9. The molecule has 0 unspecified atom stereocenters. The molecule has 0 aromatic rings. The fourth-order valence-corrected chi connectivity index (χ4v) is 3.24. The van der Waals surface area contributed by atoms with Crippen molar-refractivity contribution in [1.82, 2.24) is 4.31 Å².